The number of carbonyl (C=O) groups is 2. The molecule has 2 unspecified atom stereocenters. The summed E-state index contributed by atoms with van der Waals surface area (Å²) in [6.07, 6.45) is -0.549. The highest BCUT2D eigenvalue weighted by Crippen LogP contribution is 2.16. The van der Waals surface area contributed by atoms with Crippen LogP contribution in [0.4, 0.5) is 0 Å². The first-order chi connectivity index (χ1) is 14.0. The fraction of sp³-hybridized carbons (Fsp3) is 0.364. The summed E-state index contributed by atoms with van der Waals surface area (Å²) in [5, 5.41) is 13.5. The zero-order valence-corrected chi connectivity index (χ0v) is 17.2. The van der Waals surface area contributed by atoms with Crippen molar-refractivity contribution >= 4 is 23.4 Å². The molecule has 0 aromatic heterocycles. The number of hydrogen-bond acceptors (Lipinski definition) is 4. The van der Waals surface area contributed by atoms with E-state index in [1.54, 1.807) is 36.1 Å². The third-order valence-corrected chi connectivity index (χ3v) is 5.47. The number of aliphatic hydroxyl groups excluding tert-OH is 1. The van der Waals surface area contributed by atoms with Crippen LogP contribution in [0.2, 0.25) is 5.02 Å². The van der Waals surface area contributed by atoms with Gasteiger partial charge in [-0.05, 0) is 24.6 Å². The summed E-state index contributed by atoms with van der Waals surface area (Å²) < 4.78 is 0. The highest BCUT2D eigenvalue weighted by Gasteiger charge is 2.27. The molecular weight excluding hydrogens is 390 g/mol. The van der Waals surface area contributed by atoms with E-state index in [-0.39, 0.29) is 11.8 Å². The number of hydrogen-bond donors (Lipinski definition) is 2. The van der Waals surface area contributed by atoms with Crippen LogP contribution in [-0.4, -0.2) is 65.5 Å². The number of β-amino-alcohol motifs (C(OH)–C–C–N with tert-alkyl or cyclic N) is 1. The third-order valence-electron chi connectivity index (χ3n) is 5.14. The maximum absolute atomic E-state index is 12.7. The average molecular weight is 416 g/mol. The van der Waals surface area contributed by atoms with E-state index in [0.29, 0.717) is 43.3 Å². The van der Waals surface area contributed by atoms with Crippen molar-refractivity contribution in [3.05, 3.63) is 70.7 Å². The van der Waals surface area contributed by atoms with Gasteiger partial charge in [0.05, 0.1) is 16.7 Å². The highest BCUT2D eigenvalue weighted by atomic mass is 35.5. The van der Waals surface area contributed by atoms with Crippen molar-refractivity contribution in [3.63, 3.8) is 0 Å². The van der Waals surface area contributed by atoms with Crippen LogP contribution in [0.5, 0.6) is 0 Å². The molecule has 2 aromatic carbocycles. The minimum Gasteiger partial charge on any atom is -0.387 e. The number of aliphatic hydroxyl groups is 1. The Hall–Kier alpha value is -2.41. The van der Waals surface area contributed by atoms with E-state index in [1.165, 1.54) is 0 Å². The van der Waals surface area contributed by atoms with Crippen molar-refractivity contribution in [1.82, 2.24) is 15.1 Å². The molecule has 2 N–H and O–H groups in total. The van der Waals surface area contributed by atoms with E-state index in [1.807, 2.05) is 30.3 Å². The Morgan fingerprint density at radius 2 is 1.66 bits per heavy atom. The van der Waals surface area contributed by atoms with Crippen molar-refractivity contribution in [1.29, 1.82) is 0 Å². The molecule has 2 amide bonds. The van der Waals surface area contributed by atoms with E-state index in [0.717, 1.165) is 5.56 Å². The molecule has 0 bridgehead atoms. The molecule has 7 heteroatoms. The molecule has 0 saturated carbocycles. The van der Waals surface area contributed by atoms with Crippen LogP contribution in [0.15, 0.2) is 54.6 Å². The van der Waals surface area contributed by atoms with E-state index < -0.39 is 12.1 Å². The van der Waals surface area contributed by atoms with Crippen LogP contribution in [0.25, 0.3) is 0 Å². The van der Waals surface area contributed by atoms with Gasteiger partial charge >= 0.3 is 0 Å². The first kappa shape index (κ1) is 21.3. The van der Waals surface area contributed by atoms with Gasteiger partial charge in [-0.15, -0.1) is 0 Å². The first-order valence-electron chi connectivity index (χ1n) is 9.75. The Morgan fingerprint density at radius 3 is 2.31 bits per heavy atom. The summed E-state index contributed by atoms with van der Waals surface area (Å²) in [5.74, 6) is -0.477. The molecule has 2 atom stereocenters. The van der Waals surface area contributed by atoms with Gasteiger partial charge in [-0.25, -0.2) is 0 Å². The second-order valence-corrected chi connectivity index (χ2v) is 7.63. The van der Waals surface area contributed by atoms with Gasteiger partial charge in [0.15, 0.2) is 0 Å². The molecule has 1 aliphatic rings. The monoisotopic (exact) mass is 415 g/mol. The molecule has 29 heavy (non-hydrogen) atoms. The number of nitrogens with zero attached hydrogens (tertiary/aromatic N) is 2. The molecule has 0 aliphatic carbocycles. The predicted octanol–water partition coefficient (Wildman–Crippen LogP) is 2.34. The molecular formula is C22H26ClN3O3. The number of benzene rings is 2. The van der Waals surface area contributed by atoms with Gasteiger partial charge in [0, 0.05) is 32.7 Å². The van der Waals surface area contributed by atoms with Crippen LogP contribution in [0.1, 0.15) is 28.9 Å². The molecule has 3 rings (SSSR count). The Kier molecular flexibility index (Phi) is 7.25. The molecule has 1 aliphatic heterocycles. The lowest BCUT2D eigenvalue weighted by Crippen LogP contribution is -2.54. The zero-order valence-electron chi connectivity index (χ0n) is 16.4. The van der Waals surface area contributed by atoms with Gasteiger partial charge in [-0.2, -0.15) is 0 Å². The smallest absolute Gasteiger partial charge is 0.253 e. The Morgan fingerprint density at radius 1 is 1.03 bits per heavy atom. The minimum absolute atomic E-state index is 0.117. The van der Waals surface area contributed by atoms with Gasteiger partial charge in [-0.1, -0.05) is 54.1 Å². The van der Waals surface area contributed by atoms with E-state index in [4.69, 9.17) is 11.6 Å². The van der Waals surface area contributed by atoms with Crippen molar-refractivity contribution in [2.75, 3.05) is 32.7 Å². The van der Waals surface area contributed by atoms with Gasteiger partial charge in [0.1, 0.15) is 6.04 Å². The summed E-state index contributed by atoms with van der Waals surface area (Å²) >= 11 is 6.05. The molecule has 1 heterocycles. The lowest BCUT2D eigenvalue weighted by Gasteiger charge is -2.36. The van der Waals surface area contributed by atoms with Crippen molar-refractivity contribution in [2.24, 2.45) is 0 Å². The standard InChI is InChI=1S/C22H26ClN3O3/c1-16(24-21(28)18-9-5-6-10-19(18)23)22(29)26-13-11-25(12-14-26)15-20(27)17-7-3-2-4-8-17/h2-10,16,20,27H,11-15H2,1H3,(H,24,28). The second-order valence-electron chi connectivity index (χ2n) is 7.23. The molecule has 1 saturated heterocycles. The van der Waals surface area contributed by atoms with Gasteiger partial charge in [0.25, 0.3) is 5.91 Å². The van der Waals surface area contributed by atoms with E-state index in [2.05, 4.69) is 10.2 Å². The fourth-order valence-electron chi connectivity index (χ4n) is 3.43. The summed E-state index contributed by atoms with van der Waals surface area (Å²) in [6.45, 7) is 4.70. The number of carbonyl (C=O) groups excluding carboxylic acids is 2. The van der Waals surface area contributed by atoms with Crippen LogP contribution < -0.4 is 5.32 Å². The number of halogens is 1. The lowest BCUT2D eigenvalue weighted by molar-refractivity contribution is -0.134. The Balaban J connectivity index is 1.48. The second kappa shape index (κ2) is 9.87. The van der Waals surface area contributed by atoms with Crippen LogP contribution in [0, 0.1) is 0 Å². The van der Waals surface area contributed by atoms with Crippen LogP contribution in [-0.2, 0) is 4.79 Å². The number of amides is 2. The van der Waals surface area contributed by atoms with Crippen LogP contribution in [0.3, 0.4) is 0 Å². The van der Waals surface area contributed by atoms with Gasteiger partial charge < -0.3 is 15.3 Å². The number of nitrogens with one attached hydrogen (secondary N) is 1. The first-order valence-corrected chi connectivity index (χ1v) is 10.1. The molecule has 0 spiro atoms. The summed E-state index contributed by atoms with van der Waals surface area (Å²) in [5.41, 5.74) is 1.25. The maximum Gasteiger partial charge on any atom is 0.253 e. The summed E-state index contributed by atoms with van der Waals surface area (Å²) in [4.78, 5) is 29.0. The predicted molar refractivity (Wildman–Crippen MR) is 113 cm³/mol. The zero-order chi connectivity index (χ0) is 20.8. The normalized spacial score (nSPS) is 16.9. The largest absolute Gasteiger partial charge is 0.387 e. The topological polar surface area (TPSA) is 72.9 Å². The molecule has 2 aromatic rings. The highest BCUT2D eigenvalue weighted by molar-refractivity contribution is 6.33. The Bertz CT molecular complexity index is 838. The minimum atomic E-state index is -0.639. The van der Waals surface area contributed by atoms with Crippen LogP contribution >= 0.6 is 11.6 Å². The van der Waals surface area contributed by atoms with E-state index in [9.17, 15) is 14.7 Å². The summed E-state index contributed by atoms with van der Waals surface area (Å²) in [6, 6.07) is 15.7. The molecule has 154 valence electrons. The van der Waals surface area contributed by atoms with Crippen molar-refractivity contribution in [3.8, 4) is 0 Å². The maximum atomic E-state index is 12.7. The molecule has 6 nitrogen and oxygen atoms in total. The lowest BCUT2D eigenvalue weighted by atomic mass is 10.1. The van der Waals surface area contributed by atoms with Gasteiger partial charge in [0.2, 0.25) is 5.91 Å². The molecule has 0 radical (unpaired) electrons. The molecule has 1 fully saturated rings. The van der Waals surface area contributed by atoms with Gasteiger partial charge in [-0.3, -0.25) is 14.5 Å². The third kappa shape index (κ3) is 5.56. The average Bonchev–Trinajstić information content (AvgIpc) is 2.74. The van der Waals surface area contributed by atoms with Crippen molar-refractivity contribution < 1.29 is 14.7 Å². The SMILES string of the molecule is CC(NC(=O)c1ccccc1Cl)C(=O)N1CCN(CC(O)c2ccccc2)CC1. The van der Waals surface area contributed by atoms with Crippen molar-refractivity contribution in [2.45, 2.75) is 19.1 Å². The quantitative estimate of drug-likeness (QED) is 0.759. The van der Waals surface area contributed by atoms with E-state index >= 15 is 0 Å². The number of rotatable bonds is 6. The Labute approximate surface area is 176 Å². The fourth-order valence-corrected chi connectivity index (χ4v) is 3.65. The number of piperazine rings is 1. The summed E-state index contributed by atoms with van der Waals surface area (Å²) in [7, 11) is 0.